The van der Waals surface area contributed by atoms with E-state index >= 15 is 0 Å². The van der Waals surface area contributed by atoms with Gasteiger partial charge in [0.15, 0.2) is 0 Å². The number of carbonyl (C=O) groups excluding carboxylic acids is 4. The van der Waals surface area contributed by atoms with Crippen molar-refractivity contribution >= 4 is 35.2 Å². The third kappa shape index (κ3) is 4.30. The first-order valence-corrected chi connectivity index (χ1v) is 10.3. The van der Waals surface area contributed by atoms with Gasteiger partial charge in [-0.05, 0) is 41.8 Å². The number of halogens is 4. The minimum absolute atomic E-state index is 0.0200. The van der Waals surface area contributed by atoms with Crippen LogP contribution in [0.25, 0.3) is 0 Å². The average molecular weight is 480 g/mol. The molecule has 0 aliphatic carbocycles. The van der Waals surface area contributed by atoms with Gasteiger partial charge in [0.25, 0.3) is 11.8 Å². The van der Waals surface area contributed by atoms with Crippen molar-refractivity contribution in [2.24, 2.45) is 0 Å². The lowest BCUT2D eigenvalue weighted by Crippen LogP contribution is -2.52. The van der Waals surface area contributed by atoms with Crippen LogP contribution in [0, 0.1) is 5.82 Å². The number of nitrogens with zero attached hydrogens (tertiary/aromatic N) is 1. The van der Waals surface area contributed by atoms with E-state index < -0.39 is 53.5 Å². The van der Waals surface area contributed by atoms with E-state index in [4.69, 9.17) is 11.6 Å². The first kappa shape index (κ1) is 22.8. The van der Waals surface area contributed by atoms with Crippen molar-refractivity contribution in [3.8, 4) is 0 Å². The van der Waals surface area contributed by atoms with Gasteiger partial charge < -0.3 is 10.2 Å². The van der Waals surface area contributed by atoms with Crippen LogP contribution >= 0.6 is 11.6 Å². The van der Waals surface area contributed by atoms with Crippen molar-refractivity contribution in [1.82, 2.24) is 15.5 Å². The highest BCUT2D eigenvalue weighted by Gasteiger charge is 2.42. The molecule has 1 unspecified atom stereocenters. The lowest BCUT2D eigenvalue weighted by atomic mass is 10.0. The van der Waals surface area contributed by atoms with Crippen LogP contribution in [0.1, 0.15) is 39.9 Å². The number of fused-ring (bicyclic) bond motifs is 1. The number of benzene rings is 2. The molecule has 2 N–H and O–H groups in total. The van der Waals surface area contributed by atoms with E-state index in [2.05, 4.69) is 10.6 Å². The van der Waals surface area contributed by atoms with Gasteiger partial charge in [-0.3, -0.25) is 24.5 Å². The highest BCUT2D eigenvalue weighted by molar-refractivity contribution is 6.30. The van der Waals surface area contributed by atoms with Gasteiger partial charge in [-0.15, -0.1) is 0 Å². The average Bonchev–Trinajstić information content (AvgIpc) is 3.08. The second-order valence-electron chi connectivity index (χ2n) is 7.75. The maximum absolute atomic E-state index is 14.5. The molecule has 4 amide bonds. The minimum Gasteiger partial charge on any atom is -0.346 e. The predicted octanol–water partition coefficient (Wildman–Crippen LogP) is 2.65. The Bertz CT molecular complexity index is 1170. The summed E-state index contributed by atoms with van der Waals surface area (Å²) in [5.41, 5.74) is -0.129. The topological polar surface area (TPSA) is 95.6 Å². The molecule has 4 rings (SSSR count). The number of hydrogen-bond donors (Lipinski definition) is 2. The molecule has 0 radical (unpaired) electrons. The molecule has 2 aromatic carbocycles. The van der Waals surface area contributed by atoms with Crippen molar-refractivity contribution in [2.45, 2.75) is 37.9 Å². The molecule has 11 heteroatoms. The predicted molar refractivity (Wildman–Crippen MR) is 110 cm³/mol. The van der Waals surface area contributed by atoms with Crippen molar-refractivity contribution < 1.29 is 32.3 Å². The second-order valence-corrected chi connectivity index (χ2v) is 8.19. The van der Waals surface area contributed by atoms with Crippen molar-refractivity contribution in [1.29, 1.82) is 0 Å². The molecule has 2 aromatic rings. The molecule has 2 aliphatic rings. The van der Waals surface area contributed by atoms with E-state index in [1.54, 1.807) is 0 Å². The molecule has 0 bridgehead atoms. The molecule has 2 heterocycles. The number of rotatable bonds is 5. The molecule has 0 aromatic heterocycles. The molecule has 2 aliphatic heterocycles. The fourth-order valence-corrected chi connectivity index (χ4v) is 4.06. The Hall–Kier alpha value is -3.40. The summed E-state index contributed by atoms with van der Waals surface area (Å²) in [6, 6.07) is 5.64. The highest BCUT2D eigenvalue weighted by Crippen LogP contribution is 2.32. The second kappa shape index (κ2) is 8.51. The molecule has 172 valence electrons. The number of nitrogens with one attached hydrogen (secondary N) is 2. The normalized spacial score (nSPS) is 18.2. The van der Waals surface area contributed by atoms with E-state index in [-0.39, 0.29) is 35.5 Å². The van der Waals surface area contributed by atoms with Crippen LogP contribution in [0.4, 0.5) is 13.2 Å². The van der Waals surface area contributed by atoms with Crippen LogP contribution in [0.3, 0.4) is 0 Å². The fourth-order valence-electron chi connectivity index (χ4n) is 3.93. The molecule has 1 atom stereocenters. The number of hydrogen-bond acceptors (Lipinski definition) is 4. The van der Waals surface area contributed by atoms with Crippen LogP contribution < -0.4 is 10.6 Å². The van der Waals surface area contributed by atoms with Gasteiger partial charge in [0.05, 0.1) is 0 Å². The van der Waals surface area contributed by atoms with Gasteiger partial charge in [0.2, 0.25) is 11.8 Å². The maximum atomic E-state index is 14.5. The van der Waals surface area contributed by atoms with Crippen LogP contribution in [0.2, 0.25) is 5.02 Å². The van der Waals surface area contributed by atoms with Crippen molar-refractivity contribution in [3.63, 3.8) is 0 Å². The lowest BCUT2D eigenvalue weighted by Gasteiger charge is -2.29. The van der Waals surface area contributed by atoms with Gasteiger partial charge in [0, 0.05) is 35.7 Å². The van der Waals surface area contributed by atoms with Gasteiger partial charge in [0.1, 0.15) is 11.9 Å². The van der Waals surface area contributed by atoms with E-state index in [9.17, 15) is 32.3 Å². The zero-order valence-corrected chi connectivity index (χ0v) is 17.7. The molecule has 1 saturated heterocycles. The molecule has 0 spiro atoms. The summed E-state index contributed by atoms with van der Waals surface area (Å²) in [4.78, 5) is 49.8. The van der Waals surface area contributed by atoms with E-state index in [0.29, 0.717) is 5.56 Å². The molecule has 7 nitrogen and oxygen atoms in total. The monoisotopic (exact) mass is 479 g/mol. The highest BCUT2D eigenvalue weighted by atomic mass is 35.5. The summed E-state index contributed by atoms with van der Waals surface area (Å²) in [5, 5.41) is 4.48. The Labute approximate surface area is 190 Å². The number of amides is 4. The van der Waals surface area contributed by atoms with Crippen LogP contribution in [-0.4, -0.2) is 34.6 Å². The Balaban J connectivity index is 1.53. The van der Waals surface area contributed by atoms with Crippen molar-refractivity contribution in [2.75, 3.05) is 0 Å². The summed E-state index contributed by atoms with van der Waals surface area (Å²) >= 11 is 5.69. The lowest BCUT2D eigenvalue weighted by molar-refractivity contribution is -0.147. The fraction of sp³-hybridized carbons (Fsp3) is 0.273. The third-order valence-corrected chi connectivity index (χ3v) is 5.90. The molecule has 1 fully saturated rings. The van der Waals surface area contributed by atoms with Gasteiger partial charge in [-0.2, -0.15) is 8.78 Å². The van der Waals surface area contributed by atoms with E-state index in [0.717, 1.165) is 24.3 Å². The first-order valence-electron chi connectivity index (χ1n) is 9.96. The van der Waals surface area contributed by atoms with Gasteiger partial charge in [-0.1, -0.05) is 23.7 Å². The Kier molecular flexibility index (Phi) is 5.87. The van der Waals surface area contributed by atoms with Crippen molar-refractivity contribution in [3.05, 3.63) is 69.5 Å². The van der Waals surface area contributed by atoms with Crippen LogP contribution in [-0.2, 0) is 33.4 Å². The van der Waals surface area contributed by atoms with E-state index in [1.807, 2.05) is 0 Å². The number of carbonyl (C=O) groups is 4. The first-order chi connectivity index (χ1) is 15.6. The minimum atomic E-state index is -3.87. The standard InChI is InChI=1S/C22H17ClF3N3O4/c23-13-3-1-12(2-4-13)22(25,26)21(33)27-9-11-7-14(24)8-15-16(11)10-29(20(15)32)17-5-6-18(30)28-19(17)31/h1-4,7-8,17H,5-6,9-10H2,(H,27,33)(H,28,30,31). The van der Waals surface area contributed by atoms with Gasteiger partial charge in [-0.25, -0.2) is 4.39 Å². The summed E-state index contributed by atoms with van der Waals surface area (Å²) < 4.78 is 43.2. The SMILES string of the molecule is O=C1CCC(N2Cc3c(CNC(=O)C(F)(F)c4ccc(Cl)cc4)cc(F)cc3C2=O)C(=O)N1. The quantitative estimate of drug-likeness (QED) is 0.644. The third-order valence-electron chi connectivity index (χ3n) is 5.64. The van der Waals surface area contributed by atoms with Crippen LogP contribution in [0.5, 0.6) is 0 Å². The largest absolute Gasteiger partial charge is 0.349 e. The smallest absolute Gasteiger partial charge is 0.346 e. The molecular weight excluding hydrogens is 463 g/mol. The maximum Gasteiger partial charge on any atom is 0.349 e. The number of piperidine rings is 1. The Morgan fingerprint density at radius 3 is 2.55 bits per heavy atom. The number of alkyl halides is 2. The summed E-state index contributed by atoms with van der Waals surface area (Å²) in [7, 11) is 0. The molecular formula is C22H17ClF3N3O4. The zero-order valence-electron chi connectivity index (χ0n) is 17.0. The zero-order chi connectivity index (χ0) is 23.9. The Morgan fingerprint density at radius 2 is 1.88 bits per heavy atom. The summed E-state index contributed by atoms with van der Waals surface area (Å²) in [5.74, 6) is -7.95. The van der Waals surface area contributed by atoms with Crippen LogP contribution in [0.15, 0.2) is 36.4 Å². The molecule has 33 heavy (non-hydrogen) atoms. The summed E-state index contributed by atoms with van der Waals surface area (Å²) in [6.07, 6.45) is 0.167. The van der Waals surface area contributed by atoms with Gasteiger partial charge >= 0.3 is 5.92 Å². The summed E-state index contributed by atoms with van der Waals surface area (Å²) in [6.45, 7) is -0.544. The number of imide groups is 1. The molecule has 0 saturated carbocycles. The van der Waals surface area contributed by atoms with E-state index in [1.165, 1.54) is 17.0 Å². The Morgan fingerprint density at radius 1 is 1.18 bits per heavy atom.